The molecule has 0 amide bonds. The number of benzene rings is 1. The second kappa shape index (κ2) is 8.64. The highest BCUT2D eigenvalue weighted by atomic mass is 79.9. The minimum absolute atomic E-state index is 0.0658. The van der Waals surface area contributed by atoms with Crippen LogP contribution in [0.4, 0.5) is 0 Å². The number of hydrogen-bond donors (Lipinski definition) is 0. The van der Waals surface area contributed by atoms with Crippen molar-refractivity contribution in [2.45, 2.75) is 53.1 Å². The van der Waals surface area contributed by atoms with Gasteiger partial charge in [0.05, 0.1) is 16.9 Å². The van der Waals surface area contributed by atoms with Crippen LogP contribution in [0, 0.1) is 5.41 Å². The average molecular weight is 449 g/mol. The molecule has 0 N–H and O–H groups in total. The van der Waals surface area contributed by atoms with Gasteiger partial charge in [0.2, 0.25) is 0 Å². The quantitative estimate of drug-likeness (QED) is 0.683. The van der Waals surface area contributed by atoms with Gasteiger partial charge < -0.3 is 4.90 Å². The summed E-state index contributed by atoms with van der Waals surface area (Å²) >= 11 is 3.49. The molecular weight excluding hydrogens is 416 g/mol. The van der Waals surface area contributed by atoms with Crippen molar-refractivity contribution in [1.29, 1.82) is 0 Å². The molecule has 2 heterocycles. The third-order valence-corrected chi connectivity index (χ3v) is 6.15. The summed E-state index contributed by atoms with van der Waals surface area (Å²) in [7, 11) is 2.20. The molecule has 28 heavy (non-hydrogen) atoms. The molecule has 1 unspecified atom stereocenters. The molecule has 1 fully saturated rings. The molecule has 2 aromatic rings. The van der Waals surface area contributed by atoms with Gasteiger partial charge in [-0.3, -0.25) is 14.3 Å². The number of aromatic nitrogens is 2. The van der Waals surface area contributed by atoms with Crippen LogP contribution in [-0.4, -0.2) is 52.6 Å². The van der Waals surface area contributed by atoms with Gasteiger partial charge in [-0.25, -0.2) is 4.98 Å². The summed E-state index contributed by atoms with van der Waals surface area (Å²) < 4.78 is 2.80. The number of fused-ring (bicyclic) bond motifs is 1. The molecule has 1 atom stereocenters. The maximum Gasteiger partial charge on any atom is 0.261 e. The molecule has 0 bridgehead atoms. The van der Waals surface area contributed by atoms with Crippen LogP contribution >= 0.6 is 15.9 Å². The number of likely N-dealkylation sites (N-methyl/N-ethyl adjacent to an activating group) is 1. The van der Waals surface area contributed by atoms with Gasteiger partial charge in [0.1, 0.15) is 5.82 Å². The third kappa shape index (κ3) is 4.50. The van der Waals surface area contributed by atoms with Crippen molar-refractivity contribution in [1.82, 2.24) is 19.4 Å². The van der Waals surface area contributed by atoms with Crippen LogP contribution in [0.1, 0.15) is 52.4 Å². The fraction of sp³-hybridized carbons (Fsp3) is 0.636. The normalized spacial score (nSPS) is 19.6. The molecule has 3 rings (SSSR count). The molecular formula is C22H33BrN4O. The number of rotatable bonds is 5. The van der Waals surface area contributed by atoms with E-state index in [0.717, 1.165) is 54.8 Å². The van der Waals surface area contributed by atoms with Gasteiger partial charge >= 0.3 is 0 Å². The predicted molar refractivity (Wildman–Crippen MR) is 120 cm³/mol. The largest absolute Gasteiger partial charge is 0.305 e. The lowest BCUT2D eigenvalue weighted by atomic mass is 9.91. The van der Waals surface area contributed by atoms with Crippen LogP contribution in [0.25, 0.3) is 10.9 Å². The topological polar surface area (TPSA) is 41.4 Å². The van der Waals surface area contributed by atoms with Gasteiger partial charge in [0.15, 0.2) is 0 Å². The third-order valence-electron chi connectivity index (χ3n) is 5.66. The number of hydrogen-bond acceptors (Lipinski definition) is 4. The van der Waals surface area contributed by atoms with E-state index >= 15 is 0 Å². The van der Waals surface area contributed by atoms with E-state index < -0.39 is 0 Å². The van der Waals surface area contributed by atoms with E-state index in [1.165, 1.54) is 0 Å². The van der Waals surface area contributed by atoms with Gasteiger partial charge in [-0.15, -0.1) is 0 Å². The van der Waals surface area contributed by atoms with E-state index in [0.29, 0.717) is 11.9 Å². The first-order chi connectivity index (χ1) is 13.3. The molecule has 0 spiro atoms. The molecule has 1 aromatic carbocycles. The fourth-order valence-corrected chi connectivity index (χ4v) is 4.93. The zero-order chi connectivity index (χ0) is 20.5. The summed E-state index contributed by atoms with van der Waals surface area (Å²) in [4.78, 5) is 23.3. The Labute approximate surface area is 176 Å². The van der Waals surface area contributed by atoms with Gasteiger partial charge in [0, 0.05) is 37.2 Å². The summed E-state index contributed by atoms with van der Waals surface area (Å²) in [6, 6.07) is 5.97. The van der Waals surface area contributed by atoms with E-state index in [2.05, 4.69) is 53.5 Å². The Hall–Kier alpha value is -1.24. The van der Waals surface area contributed by atoms with E-state index in [1.54, 1.807) is 0 Å². The second-order valence-electron chi connectivity index (χ2n) is 8.86. The highest BCUT2D eigenvalue weighted by Gasteiger charge is 2.33. The Morgan fingerprint density at radius 2 is 1.96 bits per heavy atom. The first-order valence-electron chi connectivity index (χ1n) is 10.4. The van der Waals surface area contributed by atoms with E-state index in [1.807, 2.05) is 29.7 Å². The van der Waals surface area contributed by atoms with Crippen LogP contribution in [-0.2, 0) is 6.54 Å². The Bertz CT molecular complexity index is 892. The molecule has 6 heteroatoms. The smallest absolute Gasteiger partial charge is 0.261 e. The second-order valence-corrected chi connectivity index (χ2v) is 9.77. The fourth-order valence-electron chi connectivity index (χ4n) is 4.57. The summed E-state index contributed by atoms with van der Waals surface area (Å²) in [5, 5.41) is 0.686. The van der Waals surface area contributed by atoms with Gasteiger partial charge in [-0.2, -0.15) is 0 Å². The Morgan fingerprint density at radius 3 is 2.64 bits per heavy atom. The molecule has 1 aromatic heterocycles. The molecule has 1 aliphatic rings. The Kier molecular flexibility index (Phi) is 6.62. The van der Waals surface area contributed by atoms with Crippen molar-refractivity contribution < 1.29 is 0 Å². The monoisotopic (exact) mass is 448 g/mol. The molecule has 1 saturated heterocycles. The average Bonchev–Trinajstić information content (AvgIpc) is 2.77. The highest BCUT2D eigenvalue weighted by Crippen LogP contribution is 2.31. The standard InChI is InChI=1S/C22H33BrN4O/c1-6-8-19(26-12-11-25(5)14-22(3,4)15-26)20-24-18-10-9-16(23)13-17(18)21(28)27(20)7-2/h9-10,13,19H,6-8,11-12,14-15H2,1-5H3. The number of nitrogens with zero attached hydrogens (tertiary/aromatic N) is 4. The Balaban J connectivity index is 2.12. The predicted octanol–water partition coefficient (Wildman–Crippen LogP) is 4.29. The summed E-state index contributed by atoms with van der Waals surface area (Å²) in [5.41, 5.74) is 1.06. The summed E-state index contributed by atoms with van der Waals surface area (Å²) in [5.74, 6) is 0.921. The zero-order valence-electron chi connectivity index (χ0n) is 17.8. The maximum atomic E-state index is 13.2. The summed E-state index contributed by atoms with van der Waals surface area (Å²) in [6.45, 7) is 13.7. The lowest BCUT2D eigenvalue weighted by Crippen LogP contribution is -2.40. The molecule has 0 aliphatic carbocycles. The van der Waals surface area contributed by atoms with E-state index in [4.69, 9.17) is 4.98 Å². The van der Waals surface area contributed by atoms with E-state index in [-0.39, 0.29) is 17.0 Å². The van der Waals surface area contributed by atoms with Crippen molar-refractivity contribution in [2.24, 2.45) is 5.41 Å². The van der Waals surface area contributed by atoms with Gasteiger partial charge in [-0.05, 0) is 44.0 Å². The van der Waals surface area contributed by atoms with E-state index in [9.17, 15) is 4.79 Å². The SMILES string of the molecule is CCCC(c1nc2ccc(Br)cc2c(=O)n1CC)N1CCN(C)CC(C)(C)C1. The van der Waals surface area contributed by atoms with Crippen LogP contribution in [0.2, 0.25) is 0 Å². The number of halogens is 1. The molecule has 154 valence electrons. The lowest BCUT2D eigenvalue weighted by Gasteiger charge is -2.35. The molecule has 1 aliphatic heterocycles. The lowest BCUT2D eigenvalue weighted by molar-refractivity contribution is 0.134. The van der Waals surface area contributed by atoms with Crippen LogP contribution in [0.3, 0.4) is 0 Å². The minimum Gasteiger partial charge on any atom is -0.305 e. The van der Waals surface area contributed by atoms with Crippen LogP contribution in [0.5, 0.6) is 0 Å². The summed E-state index contributed by atoms with van der Waals surface area (Å²) in [6.07, 6.45) is 2.07. The van der Waals surface area contributed by atoms with Crippen molar-refractivity contribution >= 4 is 26.8 Å². The minimum atomic E-state index is 0.0658. The Morgan fingerprint density at radius 1 is 1.21 bits per heavy atom. The maximum absolute atomic E-state index is 13.2. The molecule has 0 radical (unpaired) electrons. The van der Waals surface area contributed by atoms with Crippen molar-refractivity contribution in [3.8, 4) is 0 Å². The van der Waals surface area contributed by atoms with Crippen LogP contribution < -0.4 is 5.56 Å². The van der Waals surface area contributed by atoms with Crippen LogP contribution in [0.15, 0.2) is 27.5 Å². The molecule has 0 saturated carbocycles. The first-order valence-corrected chi connectivity index (χ1v) is 11.2. The molecule has 5 nitrogen and oxygen atoms in total. The van der Waals surface area contributed by atoms with Crippen molar-refractivity contribution in [2.75, 3.05) is 33.2 Å². The van der Waals surface area contributed by atoms with Gasteiger partial charge in [0.25, 0.3) is 5.56 Å². The van der Waals surface area contributed by atoms with Crippen molar-refractivity contribution in [3.05, 3.63) is 38.9 Å². The first kappa shape index (κ1) is 21.5. The zero-order valence-corrected chi connectivity index (χ0v) is 19.4. The highest BCUT2D eigenvalue weighted by molar-refractivity contribution is 9.10. The van der Waals surface area contributed by atoms with Gasteiger partial charge in [-0.1, -0.05) is 43.1 Å². The van der Waals surface area contributed by atoms with Crippen molar-refractivity contribution in [3.63, 3.8) is 0 Å².